The molecule has 1 heterocycles. The van der Waals surface area contributed by atoms with Gasteiger partial charge in [-0.3, -0.25) is 0 Å². The number of rotatable bonds is 4. The van der Waals surface area contributed by atoms with Crippen molar-refractivity contribution in [2.45, 2.75) is 46.1 Å². The summed E-state index contributed by atoms with van der Waals surface area (Å²) < 4.78 is 5.51. The zero-order valence-electron chi connectivity index (χ0n) is 9.55. The number of hydrogen-bond donors (Lipinski definition) is 1. The van der Waals surface area contributed by atoms with Crippen molar-refractivity contribution in [1.82, 2.24) is 0 Å². The first-order valence-corrected chi connectivity index (χ1v) is 5.41. The van der Waals surface area contributed by atoms with Gasteiger partial charge in [0.05, 0.1) is 6.04 Å². The van der Waals surface area contributed by atoms with Crippen LogP contribution in [0.5, 0.6) is 0 Å². The smallest absolute Gasteiger partial charge is 0.183 e. The summed E-state index contributed by atoms with van der Waals surface area (Å²) in [5.74, 6) is 0.907. The highest BCUT2D eigenvalue weighted by Gasteiger charge is 2.23. The van der Waals surface area contributed by atoms with E-state index in [-0.39, 0.29) is 0 Å². The highest BCUT2D eigenvalue weighted by atomic mass is 16.5. The summed E-state index contributed by atoms with van der Waals surface area (Å²) in [6.07, 6.45) is 2.97. The molecule has 0 amide bonds. The van der Waals surface area contributed by atoms with E-state index in [1.165, 1.54) is 0 Å². The minimum Gasteiger partial charge on any atom is -0.479 e. The quantitative estimate of drug-likeness (QED) is 0.750. The molecule has 1 rings (SSSR count). The highest BCUT2D eigenvalue weighted by molar-refractivity contribution is 5.77. The first kappa shape index (κ1) is 11.5. The Kier molecular flexibility index (Phi) is 3.93. The van der Waals surface area contributed by atoms with Gasteiger partial charge in [0, 0.05) is 6.42 Å². The molecule has 82 valence electrons. The first-order chi connectivity index (χ1) is 6.51. The fraction of sp³-hybridized carbons (Fsp3) is 0.909. The normalized spacial score (nSPS) is 22.0. The monoisotopic (exact) mass is 198 g/mol. The number of nitrogens with two attached hydrogens (primary N) is 1. The van der Waals surface area contributed by atoms with Crippen molar-refractivity contribution in [1.29, 1.82) is 0 Å². The zero-order valence-corrected chi connectivity index (χ0v) is 9.55. The second-order valence-electron chi connectivity index (χ2n) is 5.14. The highest BCUT2D eigenvalue weighted by Crippen LogP contribution is 2.25. The van der Waals surface area contributed by atoms with Crippen LogP contribution in [-0.4, -0.2) is 25.1 Å². The predicted octanol–water partition coefficient (Wildman–Crippen LogP) is 1.96. The summed E-state index contributed by atoms with van der Waals surface area (Å²) in [7, 11) is 0. The molecule has 0 fully saturated rings. The van der Waals surface area contributed by atoms with E-state index in [4.69, 9.17) is 10.5 Å². The molecule has 1 unspecified atom stereocenters. The van der Waals surface area contributed by atoms with Gasteiger partial charge in [-0.2, -0.15) is 0 Å². The van der Waals surface area contributed by atoms with Crippen LogP contribution in [0.4, 0.5) is 0 Å². The maximum Gasteiger partial charge on any atom is 0.183 e. The summed E-state index contributed by atoms with van der Waals surface area (Å²) in [5.41, 5.74) is 5.77. The molecule has 0 saturated carbocycles. The number of hydrogen-bond acceptors (Lipinski definition) is 3. The molecule has 14 heavy (non-hydrogen) atoms. The Morgan fingerprint density at radius 1 is 1.50 bits per heavy atom. The van der Waals surface area contributed by atoms with Gasteiger partial charge in [-0.15, -0.1) is 0 Å². The van der Waals surface area contributed by atoms with E-state index < -0.39 is 0 Å². The van der Waals surface area contributed by atoms with Crippen LogP contribution >= 0.6 is 0 Å². The Morgan fingerprint density at radius 2 is 2.21 bits per heavy atom. The molecule has 0 aromatic heterocycles. The van der Waals surface area contributed by atoms with Crippen LogP contribution in [-0.2, 0) is 4.74 Å². The van der Waals surface area contributed by atoms with Crippen molar-refractivity contribution < 1.29 is 4.74 Å². The van der Waals surface area contributed by atoms with E-state index in [2.05, 4.69) is 25.8 Å². The van der Waals surface area contributed by atoms with E-state index in [9.17, 15) is 0 Å². The number of ether oxygens (including phenoxy) is 1. The lowest BCUT2D eigenvalue weighted by molar-refractivity contribution is 0.264. The minimum absolute atomic E-state index is 0.334. The minimum atomic E-state index is 0.334. The fourth-order valence-electron chi connectivity index (χ4n) is 1.67. The number of nitrogens with zero attached hydrogens (tertiary/aromatic N) is 1. The third kappa shape index (κ3) is 4.09. The standard InChI is InChI=1S/C11H22N2O/c1-11(2,3)7-9-8-14-10(13-9)5-4-6-12/h9H,4-8,12H2,1-3H3. The van der Waals surface area contributed by atoms with Crippen LogP contribution in [0.15, 0.2) is 4.99 Å². The Hall–Kier alpha value is -0.570. The predicted molar refractivity (Wildman–Crippen MR) is 59.5 cm³/mol. The summed E-state index contributed by atoms with van der Waals surface area (Å²) in [4.78, 5) is 4.55. The topological polar surface area (TPSA) is 47.6 Å². The Balaban J connectivity index is 2.34. The van der Waals surface area contributed by atoms with Gasteiger partial charge in [0.25, 0.3) is 0 Å². The van der Waals surface area contributed by atoms with Gasteiger partial charge in [0.15, 0.2) is 5.90 Å². The van der Waals surface area contributed by atoms with Gasteiger partial charge in [-0.05, 0) is 24.8 Å². The van der Waals surface area contributed by atoms with Gasteiger partial charge < -0.3 is 10.5 Å². The van der Waals surface area contributed by atoms with Crippen molar-refractivity contribution in [2.24, 2.45) is 16.1 Å². The average molecular weight is 198 g/mol. The van der Waals surface area contributed by atoms with Crippen LogP contribution in [0.3, 0.4) is 0 Å². The molecule has 0 aromatic carbocycles. The summed E-state index contributed by atoms with van der Waals surface area (Å²) in [6, 6.07) is 0.364. The summed E-state index contributed by atoms with van der Waals surface area (Å²) in [5, 5.41) is 0. The van der Waals surface area contributed by atoms with Crippen LogP contribution in [0.1, 0.15) is 40.0 Å². The van der Waals surface area contributed by atoms with Crippen LogP contribution in [0.2, 0.25) is 0 Å². The molecular weight excluding hydrogens is 176 g/mol. The lowest BCUT2D eigenvalue weighted by Crippen LogP contribution is -2.17. The van der Waals surface area contributed by atoms with E-state index >= 15 is 0 Å². The molecule has 0 spiro atoms. The van der Waals surface area contributed by atoms with Gasteiger partial charge in [0.1, 0.15) is 6.61 Å². The second kappa shape index (κ2) is 4.78. The molecule has 1 aliphatic rings. The molecular formula is C11H22N2O. The molecule has 3 heteroatoms. The molecule has 3 nitrogen and oxygen atoms in total. The Bertz CT molecular complexity index is 206. The third-order valence-corrected chi connectivity index (χ3v) is 2.21. The van der Waals surface area contributed by atoms with Crippen LogP contribution in [0, 0.1) is 5.41 Å². The molecule has 1 atom stereocenters. The van der Waals surface area contributed by atoms with Crippen LogP contribution in [0.25, 0.3) is 0 Å². The van der Waals surface area contributed by atoms with Gasteiger partial charge >= 0.3 is 0 Å². The maximum absolute atomic E-state index is 5.51. The molecule has 0 aliphatic carbocycles. The van der Waals surface area contributed by atoms with Crippen molar-refractivity contribution in [3.8, 4) is 0 Å². The summed E-state index contributed by atoms with van der Waals surface area (Å²) >= 11 is 0. The van der Waals surface area contributed by atoms with E-state index in [1.54, 1.807) is 0 Å². The molecule has 0 bridgehead atoms. The van der Waals surface area contributed by atoms with Crippen molar-refractivity contribution >= 4 is 5.90 Å². The maximum atomic E-state index is 5.51. The van der Waals surface area contributed by atoms with Gasteiger partial charge in [-0.25, -0.2) is 4.99 Å². The van der Waals surface area contributed by atoms with Gasteiger partial charge in [0.2, 0.25) is 0 Å². The third-order valence-electron chi connectivity index (χ3n) is 2.21. The van der Waals surface area contributed by atoms with Crippen molar-refractivity contribution in [3.05, 3.63) is 0 Å². The first-order valence-electron chi connectivity index (χ1n) is 5.41. The Labute approximate surface area is 86.7 Å². The molecule has 1 aliphatic heterocycles. The van der Waals surface area contributed by atoms with Gasteiger partial charge in [-0.1, -0.05) is 20.8 Å². The average Bonchev–Trinajstić information content (AvgIpc) is 2.46. The lowest BCUT2D eigenvalue weighted by Gasteiger charge is -2.19. The SMILES string of the molecule is CC(C)(C)CC1COC(CCCN)=N1. The van der Waals surface area contributed by atoms with Crippen molar-refractivity contribution in [2.75, 3.05) is 13.2 Å². The van der Waals surface area contributed by atoms with Crippen molar-refractivity contribution in [3.63, 3.8) is 0 Å². The van der Waals surface area contributed by atoms with E-state index in [0.29, 0.717) is 18.0 Å². The number of aliphatic imine (C=N–C) groups is 1. The summed E-state index contributed by atoms with van der Waals surface area (Å²) in [6.45, 7) is 8.19. The fourth-order valence-corrected chi connectivity index (χ4v) is 1.67. The largest absolute Gasteiger partial charge is 0.479 e. The Morgan fingerprint density at radius 3 is 2.79 bits per heavy atom. The van der Waals surface area contributed by atoms with E-state index in [0.717, 1.165) is 31.8 Å². The lowest BCUT2D eigenvalue weighted by atomic mass is 9.89. The second-order valence-corrected chi connectivity index (χ2v) is 5.14. The molecule has 0 radical (unpaired) electrons. The molecule has 0 aromatic rings. The van der Waals surface area contributed by atoms with Crippen LogP contribution < -0.4 is 5.73 Å². The zero-order chi connectivity index (χ0) is 10.6. The van der Waals surface area contributed by atoms with E-state index in [1.807, 2.05) is 0 Å². The molecule has 0 saturated heterocycles. The molecule has 2 N–H and O–H groups in total.